The van der Waals surface area contributed by atoms with Gasteiger partial charge in [0.1, 0.15) is 11.5 Å². The Morgan fingerprint density at radius 1 is 1.09 bits per heavy atom. The predicted molar refractivity (Wildman–Crippen MR) is 91.4 cm³/mol. The Kier molecular flexibility index (Phi) is 3.98. The molecule has 1 unspecified atom stereocenters. The molecule has 1 saturated heterocycles. The van der Waals surface area contributed by atoms with Gasteiger partial charge in [-0.3, -0.25) is 4.90 Å². The lowest BCUT2D eigenvalue weighted by atomic mass is 9.96. The van der Waals surface area contributed by atoms with E-state index in [1.54, 1.807) is 0 Å². The second kappa shape index (κ2) is 6.12. The number of fused-ring (bicyclic) bond motifs is 1. The molecule has 2 heterocycles. The molecule has 2 aromatic rings. The fourth-order valence-corrected chi connectivity index (χ4v) is 4.36. The van der Waals surface area contributed by atoms with E-state index in [9.17, 15) is 0 Å². The van der Waals surface area contributed by atoms with Gasteiger partial charge in [-0.2, -0.15) is 0 Å². The van der Waals surface area contributed by atoms with Crippen molar-refractivity contribution in [2.24, 2.45) is 0 Å². The number of aryl methyl sites for hydroxylation is 3. The summed E-state index contributed by atoms with van der Waals surface area (Å²) in [4.78, 5) is 2.60. The molecule has 0 spiro atoms. The maximum absolute atomic E-state index is 5.60. The fraction of sp³-hybridized carbons (Fsp3) is 0.550. The summed E-state index contributed by atoms with van der Waals surface area (Å²) in [6.07, 6.45) is 7.28. The first-order valence-corrected chi connectivity index (χ1v) is 8.99. The Bertz CT molecular complexity index is 683. The third kappa shape index (κ3) is 2.94. The first-order valence-electron chi connectivity index (χ1n) is 8.99. The van der Waals surface area contributed by atoms with Gasteiger partial charge < -0.3 is 4.52 Å². The molecular formula is C20H26N2O. The van der Waals surface area contributed by atoms with E-state index in [0.717, 1.165) is 25.1 Å². The number of likely N-dealkylation sites (tertiary alicyclic amines) is 1. The van der Waals surface area contributed by atoms with Gasteiger partial charge in [0.05, 0.1) is 0 Å². The SMILES string of the molecule is Cc1cc(C)cc(C2CCCN2Cc2noc3c2CCCC3)c1. The van der Waals surface area contributed by atoms with Crippen LogP contribution in [0.2, 0.25) is 0 Å². The fourth-order valence-electron chi connectivity index (χ4n) is 4.36. The van der Waals surface area contributed by atoms with Crippen LogP contribution >= 0.6 is 0 Å². The topological polar surface area (TPSA) is 29.3 Å². The first-order chi connectivity index (χ1) is 11.2. The van der Waals surface area contributed by atoms with Crippen LogP contribution in [0.4, 0.5) is 0 Å². The van der Waals surface area contributed by atoms with Crippen LogP contribution in [0.3, 0.4) is 0 Å². The van der Waals surface area contributed by atoms with Gasteiger partial charge in [-0.25, -0.2) is 0 Å². The Morgan fingerprint density at radius 2 is 1.87 bits per heavy atom. The Labute approximate surface area is 138 Å². The van der Waals surface area contributed by atoms with Crippen molar-refractivity contribution >= 4 is 0 Å². The van der Waals surface area contributed by atoms with Crippen molar-refractivity contribution in [2.75, 3.05) is 6.54 Å². The van der Waals surface area contributed by atoms with E-state index in [4.69, 9.17) is 4.52 Å². The van der Waals surface area contributed by atoms with Crippen LogP contribution in [0.5, 0.6) is 0 Å². The van der Waals surface area contributed by atoms with Gasteiger partial charge in [0.2, 0.25) is 0 Å². The molecule has 3 heteroatoms. The van der Waals surface area contributed by atoms with Crippen LogP contribution in [0.1, 0.15) is 65.4 Å². The van der Waals surface area contributed by atoms with E-state index in [1.807, 2.05) is 0 Å². The maximum atomic E-state index is 5.60. The van der Waals surface area contributed by atoms with Gasteiger partial charge in [0.15, 0.2) is 0 Å². The van der Waals surface area contributed by atoms with Crippen LogP contribution in [0, 0.1) is 13.8 Å². The Balaban J connectivity index is 1.57. The van der Waals surface area contributed by atoms with Crippen LogP contribution in [-0.2, 0) is 19.4 Å². The van der Waals surface area contributed by atoms with Crippen molar-refractivity contribution in [1.29, 1.82) is 0 Å². The number of aromatic nitrogens is 1. The molecule has 122 valence electrons. The standard InChI is InChI=1S/C20H26N2O/c1-14-10-15(2)12-16(11-14)19-7-5-9-22(19)13-18-17-6-3-4-8-20(17)23-21-18/h10-12,19H,3-9,13H2,1-2H3. The van der Waals surface area contributed by atoms with Gasteiger partial charge in [-0.05, 0) is 58.1 Å². The number of benzene rings is 1. The molecule has 1 aliphatic heterocycles. The van der Waals surface area contributed by atoms with E-state index in [1.165, 1.54) is 60.2 Å². The lowest BCUT2D eigenvalue weighted by Crippen LogP contribution is -2.24. The zero-order valence-electron chi connectivity index (χ0n) is 14.3. The average molecular weight is 310 g/mol. The van der Waals surface area contributed by atoms with Gasteiger partial charge in [0.25, 0.3) is 0 Å². The molecular weight excluding hydrogens is 284 g/mol. The Morgan fingerprint density at radius 3 is 2.70 bits per heavy atom. The highest BCUT2D eigenvalue weighted by Gasteiger charge is 2.29. The van der Waals surface area contributed by atoms with Crippen LogP contribution in [0.15, 0.2) is 22.7 Å². The number of hydrogen-bond acceptors (Lipinski definition) is 3. The van der Waals surface area contributed by atoms with E-state index < -0.39 is 0 Å². The van der Waals surface area contributed by atoms with Crippen LogP contribution < -0.4 is 0 Å². The summed E-state index contributed by atoms with van der Waals surface area (Å²) in [5.41, 5.74) is 6.80. The normalized spacial score (nSPS) is 21.6. The molecule has 0 saturated carbocycles. The summed E-state index contributed by atoms with van der Waals surface area (Å²) in [5, 5.41) is 4.41. The predicted octanol–water partition coefficient (Wildman–Crippen LogP) is 4.51. The lowest BCUT2D eigenvalue weighted by molar-refractivity contribution is 0.239. The highest BCUT2D eigenvalue weighted by Crippen LogP contribution is 2.35. The molecule has 0 N–H and O–H groups in total. The minimum Gasteiger partial charge on any atom is -0.361 e. The maximum Gasteiger partial charge on any atom is 0.140 e. The summed E-state index contributed by atoms with van der Waals surface area (Å²) in [6, 6.07) is 7.50. The van der Waals surface area contributed by atoms with E-state index in [-0.39, 0.29) is 0 Å². The molecule has 0 radical (unpaired) electrons. The van der Waals surface area contributed by atoms with Crippen LogP contribution in [0.25, 0.3) is 0 Å². The van der Waals surface area contributed by atoms with E-state index in [2.05, 4.69) is 42.1 Å². The Hall–Kier alpha value is -1.61. The lowest BCUT2D eigenvalue weighted by Gasteiger charge is -2.25. The van der Waals surface area contributed by atoms with E-state index >= 15 is 0 Å². The highest BCUT2D eigenvalue weighted by atomic mass is 16.5. The first kappa shape index (κ1) is 14.9. The quantitative estimate of drug-likeness (QED) is 0.835. The zero-order valence-corrected chi connectivity index (χ0v) is 14.3. The third-order valence-corrected chi connectivity index (χ3v) is 5.38. The molecule has 23 heavy (non-hydrogen) atoms. The number of nitrogens with zero attached hydrogens (tertiary/aromatic N) is 2. The molecule has 0 bridgehead atoms. The van der Waals surface area contributed by atoms with Crippen molar-refractivity contribution in [1.82, 2.24) is 10.1 Å². The summed E-state index contributed by atoms with van der Waals surface area (Å²) in [6.45, 7) is 6.50. The molecule has 4 rings (SSSR count). The van der Waals surface area contributed by atoms with Crippen LogP contribution in [-0.4, -0.2) is 16.6 Å². The molecule has 3 nitrogen and oxygen atoms in total. The molecule has 0 amide bonds. The van der Waals surface area contributed by atoms with E-state index in [0.29, 0.717) is 6.04 Å². The second-order valence-corrected chi connectivity index (χ2v) is 7.29. The molecule has 1 aromatic carbocycles. The highest BCUT2D eigenvalue weighted by molar-refractivity contribution is 5.32. The summed E-state index contributed by atoms with van der Waals surface area (Å²) in [5.74, 6) is 1.15. The van der Waals surface area contributed by atoms with Crippen molar-refractivity contribution in [3.63, 3.8) is 0 Å². The summed E-state index contributed by atoms with van der Waals surface area (Å²) < 4.78 is 5.60. The monoisotopic (exact) mass is 310 g/mol. The second-order valence-electron chi connectivity index (χ2n) is 7.29. The van der Waals surface area contributed by atoms with Crippen molar-refractivity contribution in [2.45, 2.75) is 65.0 Å². The average Bonchev–Trinajstić information content (AvgIpc) is 3.14. The van der Waals surface area contributed by atoms with Crippen molar-refractivity contribution in [3.05, 3.63) is 51.9 Å². The van der Waals surface area contributed by atoms with Gasteiger partial charge in [0, 0.05) is 24.6 Å². The van der Waals surface area contributed by atoms with Crippen molar-refractivity contribution in [3.8, 4) is 0 Å². The minimum absolute atomic E-state index is 0.532. The minimum atomic E-state index is 0.532. The smallest absolute Gasteiger partial charge is 0.140 e. The largest absolute Gasteiger partial charge is 0.361 e. The van der Waals surface area contributed by atoms with Crippen molar-refractivity contribution < 1.29 is 4.52 Å². The van der Waals surface area contributed by atoms with Gasteiger partial charge >= 0.3 is 0 Å². The molecule has 1 fully saturated rings. The number of hydrogen-bond donors (Lipinski definition) is 0. The summed E-state index contributed by atoms with van der Waals surface area (Å²) in [7, 11) is 0. The van der Waals surface area contributed by atoms with Gasteiger partial charge in [-0.15, -0.1) is 0 Å². The molecule has 2 aliphatic rings. The molecule has 1 aromatic heterocycles. The van der Waals surface area contributed by atoms with Gasteiger partial charge in [-0.1, -0.05) is 34.5 Å². The molecule has 1 atom stereocenters. The molecule has 1 aliphatic carbocycles. The number of rotatable bonds is 3. The summed E-state index contributed by atoms with van der Waals surface area (Å²) >= 11 is 0. The third-order valence-electron chi connectivity index (χ3n) is 5.38. The zero-order chi connectivity index (χ0) is 15.8.